The normalized spacial score (nSPS) is 20.9. The van der Waals surface area contributed by atoms with E-state index in [1.54, 1.807) is 0 Å². The highest BCUT2D eigenvalue weighted by Gasteiger charge is 2.26. The lowest BCUT2D eigenvalue weighted by molar-refractivity contribution is 0.180. The lowest BCUT2D eigenvalue weighted by atomic mass is 9.94. The molecule has 2 atom stereocenters. The Morgan fingerprint density at radius 1 is 1.22 bits per heavy atom. The van der Waals surface area contributed by atoms with Crippen LogP contribution in [0.25, 0.3) is 11.3 Å². The van der Waals surface area contributed by atoms with Crippen LogP contribution in [0, 0.1) is 0 Å². The van der Waals surface area contributed by atoms with Crippen molar-refractivity contribution in [1.82, 2.24) is 15.6 Å². The molecule has 0 spiro atoms. The molecule has 120 valence electrons. The lowest BCUT2D eigenvalue weighted by Gasteiger charge is -2.32. The van der Waals surface area contributed by atoms with Gasteiger partial charge < -0.3 is 15.7 Å². The van der Waals surface area contributed by atoms with Crippen LogP contribution in [0.15, 0.2) is 48.5 Å². The van der Waals surface area contributed by atoms with E-state index in [0.29, 0.717) is 6.42 Å². The van der Waals surface area contributed by atoms with Gasteiger partial charge >= 0.3 is 6.09 Å². The molecule has 23 heavy (non-hydrogen) atoms. The molecule has 5 heteroatoms. The average Bonchev–Trinajstić information content (AvgIpc) is 2.57. The molecule has 2 heterocycles. The van der Waals surface area contributed by atoms with E-state index in [4.69, 9.17) is 10.1 Å². The molecular weight excluding hydrogens is 290 g/mol. The van der Waals surface area contributed by atoms with Crippen LogP contribution in [0.2, 0.25) is 0 Å². The molecule has 1 aliphatic heterocycles. The van der Waals surface area contributed by atoms with Crippen LogP contribution in [0.4, 0.5) is 4.79 Å². The fourth-order valence-electron chi connectivity index (χ4n) is 3.09. The molecule has 3 rings (SSSR count). The molecular formula is C18H21N3O2. The summed E-state index contributed by atoms with van der Waals surface area (Å²) in [5, 5.41) is 15.0. The summed E-state index contributed by atoms with van der Waals surface area (Å²) in [6.07, 6.45) is 1.60. The number of hydrogen-bond acceptors (Lipinski definition) is 3. The zero-order chi connectivity index (χ0) is 16.1. The molecule has 0 unspecified atom stereocenters. The van der Waals surface area contributed by atoms with Crippen LogP contribution in [0.1, 0.15) is 18.5 Å². The summed E-state index contributed by atoms with van der Waals surface area (Å²) in [6, 6.07) is 16.1. The molecule has 5 nitrogen and oxygen atoms in total. The average molecular weight is 311 g/mol. The van der Waals surface area contributed by atoms with E-state index in [0.717, 1.165) is 36.3 Å². The molecule has 0 radical (unpaired) electrons. The largest absolute Gasteiger partial charge is 0.465 e. The highest BCUT2D eigenvalue weighted by molar-refractivity contribution is 5.65. The fraction of sp³-hybridized carbons (Fsp3) is 0.333. The first kappa shape index (κ1) is 15.5. The molecule has 0 aliphatic carbocycles. The summed E-state index contributed by atoms with van der Waals surface area (Å²) in [5.74, 6) is 0. The van der Waals surface area contributed by atoms with Gasteiger partial charge in [0.15, 0.2) is 0 Å². The highest BCUT2D eigenvalue weighted by Crippen LogP contribution is 2.18. The summed E-state index contributed by atoms with van der Waals surface area (Å²) in [5.41, 5.74) is 3.01. The van der Waals surface area contributed by atoms with Crippen molar-refractivity contribution in [3.63, 3.8) is 0 Å². The van der Waals surface area contributed by atoms with Crippen molar-refractivity contribution >= 4 is 6.09 Å². The molecule has 1 amide bonds. The van der Waals surface area contributed by atoms with Crippen molar-refractivity contribution in [2.45, 2.75) is 31.3 Å². The molecule has 0 bridgehead atoms. The van der Waals surface area contributed by atoms with E-state index in [1.807, 2.05) is 48.5 Å². The maximum absolute atomic E-state index is 11.0. The minimum atomic E-state index is -0.963. The first-order valence-electron chi connectivity index (χ1n) is 7.96. The van der Waals surface area contributed by atoms with Gasteiger partial charge in [-0.2, -0.15) is 0 Å². The van der Waals surface area contributed by atoms with Crippen molar-refractivity contribution in [2.75, 3.05) is 6.54 Å². The number of rotatable bonds is 4. The van der Waals surface area contributed by atoms with Gasteiger partial charge in [0.25, 0.3) is 0 Å². The van der Waals surface area contributed by atoms with Crippen molar-refractivity contribution < 1.29 is 9.90 Å². The van der Waals surface area contributed by atoms with Gasteiger partial charge in [0.05, 0.1) is 5.69 Å². The monoisotopic (exact) mass is 311 g/mol. The third kappa shape index (κ3) is 4.07. The summed E-state index contributed by atoms with van der Waals surface area (Å²) in [4.78, 5) is 15.7. The predicted molar refractivity (Wildman–Crippen MR) is 89.4 cm³/mol. The van der Waals surface area contributed by atoms with Gasteiger partial charge in [-0.1, -0.05) is 36.4 Å². The summed E-state index contributed by atoms with van der Waals surface area (Å²) >= 11 is 0. The molecule has 3 N–H and O–H groups in total. The number of amides is 1. The van der Waals surface area contributed by atoms with Gasteiger partial charge in [0.1, 0.15) is 0 Å². The number of benzene rings is 1. The molecule has 1 aromatic carbocycles. The van der Waals surface area contributed by atoms with Crippen LogP contribution in [0.5, 0.6) is 0 Å². The van der Waals surface area contributed by atoms with E-state index < -0.39 is 6.09 Å². The van der Waals surface area contributed by atoms with Gasteiger partial charge in [0, 0.05) is 29.8 Å². The van der Waals surface area contributed by atoms with Gasteiger partial charge in [-0.05, 0) is 31.5 Å². The van der Waals surface area contributed by atoms with Crippen LogP contribution in [-0.2, 0) is 6.42 Å². The Morgan fingerprint density at radius 3 is 2.83 bits per heavy atom. The van der Waals surface area contributed by atoms with E-state index in [1.165, 1.54) is 0 Å². The Kier molecular flexibility index (Phi) is 4.88. The zero-order valence-corrected chi connectivity index (χ0v) is 12.9. The number of nitrogens with zero attached hydrogens (tertiary/aromatic N) is 1. The first-order chi connectivity index (χ1) is 11.2. The van der Waals surface area contributed by atoms with Crippen molar-refractivity contribution in [3.8, 4) is 11.3 Å². The van der Waals surface area contributed by atoms with Gasteiger partial charge in [0.2, 0.25) is 0 Å². The number of pyridine rings is 1. The van der Waals surface area contributed by atoms with Crippen LogP contribution < -0.4 is 10.6 Å². The zero-order valence-electron chi connectivity index (χ0n) is 12.9. The summed E-state index contributed by atoms with van der Waals surface area (Å²) in [7, 11) is 0. The van der Waals surface area contributed by atoms with Crippen LogP contribution >= 0.6 is 0 Å². The fourth-order valence-corrected chi connectivity index (χ4v) is 3.09. The SMILES string of the molecule is O=C(O)N[C@H]1CCCN[C@H]1Cc1cccc(-c2ccccc2)n1. The number of carboxylic acid groups (broad SMARTS) is 1. The Morgan fingerprint density at radius 2 is 2.04 bits per heavy atom. The predicted octanol–water partition coefficient (Wildman–Crippen LogP) is 2.68. The molecule has 2 aromatic rings. The first-order valence-corrected chi connectivity index (χ1v) is 7.96. The van der Waals surface area contributed by atoms with Gasteiger partial charge in [-0.3, -0.25) is 4.98 Å². The summed E-state index contributed by atoms with van der Waals surface area (Å²) in [6.45, 7) is 0.918. The van der Waals surface area contributed by atoms with Crippen molar-refractivity contribution in [3.05, 3.63) is 54.2 Å². The Hall–Kier alpha value is -2.40. The van der Waals surface area contributed by atoms with E-state index in [9.17, 15) is 4.79 Å². The number of aromatic nitrogens is 1. The quantitative estimate of drug-likeness (QED) is 0.811. The van der Waals surface area contributed by atoms with Crippen LogP contribution in [0.3, 0.4) is 0 Å². The third-order valence-electron chi connectivity index (χ3n) is 4.20. The topological polar surface area (TPSA) is 74.2 Å². The number of nitrogens with one attached hydrogen (secondary N) is 2. The van der Waals surface area contributed by atoms with Crippen LogP contribution in [-0.4, -0.2) is 34.8 Å². The second-order valence-electron chi connectivity index (χ2n) is 5.84. The number of hydrogen-bond donors (Lipinski definition) is 3. The maximum Gasteiger partial charge on any atom is 0.404 e. The lowest BCUT2D eigenvalue weighted by Crippen LogP contribution is -2.54. The molecule has 0 saturated carbocycles. The van der Waals surface area contributed by atoms with E-state index >= 15 is 0 Å². The van der Waals surface area contributed by atoms with Crippen molar-refractivity contribution in [2.24, 2.45) is 0 Å². The number of piperidine rings is 1. The molecule has 1 aromatic heterocycles. The Bertz CT molecular complexity index is 660. The van der Waals surface area contributed by atoms with Gasteiger partial charge in [-0.15, -0.1) is 0 Å². The molecule has 1 aliphatic rings. The minimum absolute atomic E-state index is 0.0663. The standard InChI is InChI=1S/C18H21N3O2/c22-18(23)21-16-10-5-11-19-17(16)12-14-8-4-9-15(20-14)13-6-2-1-3-7-13/h1-4,6-9,16-17,19,21H,5,10-12H2,(H,22,23)/t16-,17-/m0/s1. The maximum atomic E-state index is 11.0. The molecule has 1 saturated heterocycles. The van der Waals surface area contributed by atoms with E-state index in [2.05, 4.69) is 10.6 Å². The third-order valence-corrected chi connectivity index (χ3v) is 4.20. The minimum Gasteiger partial charge on any atom is -0.465 e. The van der Waals surface area contributed by atoms with Gasteiger partial charge in [-0.25, -0.2) is 4.79 Å². The van der Waals surface area contributed by atoms with Crippen molar-refractivity contribution in [1.29, 1.82) is 0 Å². The second kappa shape index (κ2) is 7.24. The highest BCUT2D eigenvalue weighted by atomic mass is 16.4. The Balaban J connectivity index is 1.75. The smallest absolute Gasteiger partial charge is 0.404 e. The summed E-state index contributed by atoms with van der Waals surface area (Å²) < 4.78 is 0. The Labute approximate surface area is 135 Å². The molecule has 1 fully saturated rings. The second-order valence-corrected chi connectivity index (χ2v) is 5.84. The van der Waals surface area contributed by atoms with E-state index in [-0.39, 0.29) is 12.1 Å². The number of carbonyl (C=O) groups is 1.